The summed E-state index contributed by atoms with van der Waals surface area (Å²) in [6, 6.07) is 15.7. The minimum atomic E-state index is -1.07. The number of nitrogens with two attached hydrogens (primary N) is 1. The van der Waals surface area contributed by atoms with Gasteiger partial charge in [-0.3, -0.25) is 4.79 Å². The Labute approximate surface area is 219 Å². The number of aromatic nitrogens is 2. The number of thiazole rings is 1. The summed E-state index contributed by atoms with van der Waals surface area (Å²) in [5.41, 5.74) is 9.36. The van der Waals surface area contributed by atoms with Gasteiger partial charge in [0, 0.05) is 18.6 Å². The molecule has 192 valence electrons. The molecular weight excluding hydrogens is 488 g/mol. The summed E-state index contributed by atoms with van der Waals surface area (Å²) in [5.74, 6) is -0.371. The van der Waals surface area contributed by atoms with Crippen LogP contribution in [0.1, 0.15) is 57.2 Å². The van der Waals surface area contributed by atoms with Crippen LogP contribution < -0.4 is 5.73 Å². The molecule has 1 amide bonds. The zero-order valence-corrected chi connectivity index (χ0v) is 21.7. The molecular formula is C28H30N4O4S. The molecule has 0 radical (unpaired) electrons. The van der Waals surface area contributed by atoms with Gasteiger partial charge in [-0.2, -0.15) is 0 Å². The molecule has 8 nitrogen and oxygen atoms in total. The maximum Gasteiger partial charge on any atom is 0.358 e. The molecule has 6 rings (SSSR count). The highest BCUT2D eigenvalue weighted by molar-refractivity contribution is 7.15. The quantitative estimate of drug-likeness (QED) is 0.376. The Morgan fingerprint density at radius 1 is 1.11 bits per heavy atom. The smallest absolute Gasteiger partial charge is 0.358 e. The summed E-state index contributed by atoms with van der Waals surface area (Å²) in [6.07, 6.45) is 4.61. The molecule has 3 heterocycles. The topological polar surface area (TPSA) is 123 Å². The summed E-state index contributed by atoms with van der Waals surface area (Å²) in [4.78, 5) is 31.7. The van der Waals surface area contributed by atoms with E-state index in [9.17, 15) is 9.59 Å². The molecule has 2 aromatic carbocycles. The van der Waals surface area contributed by atoms with Gasteiger partial charge in [0.2, 0.25) is 0 Å². The number of carbonyl (C=O) groups is 2. The van der Waals surface area contributed by atoms with Crippen molar-refractivity contribution in [2.75, 3.05) is 6.54 Å². The zero-order chi connectivity index (χ0) is 26.1. The fourth-order valence-electron chi connectivity index (χ4n) is 5.55. The second kappa shape index (κ2) is 10.4. The number of para-hydroxylation sites is 1. The predicted octanol–water partition coefficient (Wildman–Crippen LogP) is 5.29. The van der Waals surface area contributed by atoms with Crippen molar-refractivity contribution in [2.45, 2.75) is 51.6 Å². The Hall–Kier alpha value is -3.56. The maximum atomic E-state index is 13.4. The second-order valence-corrected chi connectivity index (χ2v) is 10.9. The molecule has 2 fully saturated rings. The van der Waals surface area contributed by atoms with Crippen molar-refractivity contribution in [1.29, 1.82) is 0 Å². The third-order valence-electron chi connectivity index (χ3n) is 7.28. The number of fused-ring (bicyclic) bond motifs is 2. The van der Waals surface area contributed by atoms with Crippen molar-refractivity contribution in [1.82, 2.24) is 15.0 Å². The molecule has 3 atom stereocenters. The Bertz CT molecular complexity index is 1430. The van der Waals surface area contributed by atoms with Crippen LogP contribution in [0.25, 0.3) is 21.4 Å². The first kappa shape index (κ1) is 25.1. The van der Waals surface area contributed by atoms with E-state index in [1.807, 2.05) is 6.92 Å². The van der Waals surface area contributed by atoms with Crippen LogP contribution >= 0.6 is 11.3 Å². The van der Waals surface area contributed by atoms with Gasteiger partial charge in [-0.05, 0) is 56.7 Å². The summed E-state index contributed by atoms with van der Waals surface area (Å²) in [6.45, 7) is 4.59. The number of rotatable bonds is 4. The lowest BCUT2D eigenvalue weighted by atomic mass is 10.0. The Balaban J connectivity index is 0.000000195. The van der Waals surface area contributed by atoms with E-state index in [4.69, 9.17) is 15.4 Å². The van der Waals surface area contributed by atoms with E-state index in [1.165, 1.54) is 18.4 Å². The molecule has 0 bridgehead atoms. The molecule has 0 spiro atoms. The number of amides is 1. The maximum absolute atomic E-state index is 13.4. The Morgan fingerprint density at radius 2 is 1.86 bits per heavy atom. The molecule has 2 aromatic heterocycles. The van der Waals surface area contributed by atoms with Gasteiger partial charge >= 0.3 is 5.97 Å². The van der Waals surface area contributed by atoms with Gasteiger partial charge in [-0.25, -0.2) is 9.78 Å². The molecule has 1 saturated carbocycles. The van der Waals surface area contributed by atoms with Crippen LogP contribution in [-0.4, -0.2) is 50.7 Å². The number of benzene rings is 2. The monoisotopic (exact) mass is 518 g/mol. The lowest BCUT2D eigenvalue weighted by Crippen LogP contribution is -2.44. The predicted molar refractivity (Wildman–Crippen MR) is 143 cm³/mol. The number of carboxylic acid groups (broad SMARTS) is 1. The van der Waals surface area contributed by atoms with Gasteiger partial charge in [-0.1, -0.05) is 53.5 Å². The molecule has 2 aliphatic rings. The third kappa shape index (κ3) is 4.89. The number of nitrogens with zero attached hydrogens (tertiary/aromatic N) is 3. The summed E-state index contributed by atoms with van der Waals surface area (Å²) < 4.78 is 4.78. The van der Waals surface area contributed by atoms with Crippen molar-refractivity contribution in [3.63, 3.8) is 0 Å². The van der Waals surface area contributed by atoms with Gasteiger partial charge < -0.3 is 20.3 Å². The van der Waals surface area contributed by atoms with Crippen molar-refractivity contribution in [2.24, 2.45) is 11.7 Å². The van der Waals surface area contributed by atoms with Gasteiger partial charge in [-0.15, -0.1) is 11.3 Å². The van der Waals surface area contributed by atoms with E-state index in [2.05, 4.69) is 46.2 Å². The number of aryl methyl sites for hydroxylation is 2. The minimum Gasteiger partial charge on any atom is -0.476 e. The first-order valence-corrected chi connectivity index (χ1v) is 13.3. The Morgan fingerprint density at radius 3 is 2.59 bits per heavy atom. The van der Waals surface area contributed by atoms with Gasteiger partial charge in [0.25, 0.3) is 5.91 Å². The van der Waals surface area contributed by atoms with Crippen LogP contribution in [0.5, 0.6) is 0 Å². The average molecular weight is 519 g/mol. The first-order valence-electron chi connectivity index (χ1n) is 12.5. The van der Waals surface area contributed by atoms with Gasteiger partial charge in [0.1, 0.15) is 5.69 Å². The summed E-state index contributed by atoms with van der Waals surface area (Å²) in [5, 5.41) is 13.5. The highest BCUT2D eigenvalue weighted by Gasteiger charge is 2.46. The number of likely N-dealkylation sites (tertiary alicyclic amines) is 1. The van der Waals surface area contributed by atoms with E-state index in [0.29, 0.717) is 35.2 Å². The van der Waals surface area contributed by atoms with Crippen LogP contribution in [0.3, 0.4) is 0 Å². The minimum absolute atomic E-state index is 0.0365. The molecule has 1 aliphatic heterocycles. The van der Waals surface area contributed by atoms with Crippen molar-refractivity contribution in [3.8, 4) is 10.4 Å². The van der Waals surface area contributed by atoms with E-state index >= 15 is 0 Å². The summed E-state index contributed by atoms with van der Waals surface area (Å²) in [7, 11) is 0. The highest BCUT2D eigenvalue weighted by atomic mass is 32.1. The van der Waals surface area contributed by atoms with E-state index in [-0.39, 0.29) is 17.6 Å². The molecule has 1 saturated heterocycles. The average Bonchev–Trinajstić information content (AvgIpc) is 3.66. The number of hydrogen-bond acceptors (Lipinski definition) is 7. The fraction of sp³-hybridized carbons (Fsp3) is 0.357. The van der Waals surface area contributed by atoms with Crippen molar-refractivity contribution >= 4 is 34.2 Å². The molecule has 4 aromatic rings. The molecule has 37 heavy (non-hydrogen) atoms. The normalized spacial score (nSPS) is 20.5. The molecule has 9 heteroatoms. The van der Waals surface area contributed by atoms with Crippen LogP contribution in [0, 0.1) is 19.8 Å². The first-order chi connectivity index (χ1) is 17.9. The number of carbonyl (C=O) groups excluding carboxylic acids is 1. The third-order valence-corrected chi connectivity index (χ3v) is 8.30. The Kier molecular flexibility index (Phi) is 7.08. The molecule has 3 N–H and O–H groups in total. The lowest BCUT2D eigenvalue weighted by molar-refractivity contribution is 0.0657. The fourth-order valence-corrected chi connectivity index (χ4v) is 6.47. The van der Waals surface area contributed by atoms with E-state index in [1.54, 1.807) is 35.6 Å². The van der Waals surface area contributed by atoms with E-state index in [0.717, 1.165) is 28.3 Å². The summed E-state index contributed by atoms with van der Waals surface area (Å²) >= 11 is 1.60. The SMILES string of the molecule is Cc1ccc(-c2sc(C)nc2C(=O)N2[C@H](CN)C[C@@H]3CCC[C@@H]32)cc1.O=C(O)c1noc2ccccc12. The van der Waals surface area contributed by atoms with Crippen molar-refractivity contribution < 1.29 is 19.2 Å². The number of carboxylic acids is 1. The standard InChI is InChI=1S/C20H25N3OS.C8H5NO3/c1-12-6-8-14(9-7-12)19-18(22-13(2)25-19)20(24)23-16(11-21)10-15-4-3-5-17(15)23;10-8(11)7-5-3-1-2-4-6(5)12-9-7/h6-9,15-17H,3-5,10-11,21H2,1-2H3;1-4H,(H,10,11)/t15-,16-,17-;/m0./s1. The van der Waals surface area contributed by atoms with Crippen LogP contribution in [0.4, 0.5) is 0 Å². The van der Waals surface area contributed by atoms with Gasteiger partial charge in [0.05, 0.1) is 15.3 Å². The van der Waals surface area contributed by atoms with Gasteiger partial charge in [0.15, 0.2) is 11.3 Å². The largest absolute Gasteiger partial charge is 0.476 e. The van der Waals surface area contributed by atoms with Crippen LogP contribution in [0.2, 0.25) is 0 Å². The molecule has 0 unspecified atom stereocenters. The van der Waals surface area contributed by atoms with Crippen molar-refractivity contribution in [3.05, 3.63) is 70.5 Å². The highest BCUT2D eigenvalue weighted by Crippen LogP contribution is 2.42. The second-order valence-electron chi connectivity index (χ2n) is 9.71. The van der Waals surface area contributed by atoms with Crippen LogP contribution in [-0.2, 0) is 0 Å². The number of hydrogen-bond donors (Lipinski definition) is 2. The van der Waals surface area contributed by atoms with Crippen LogP contribution in [0.15, 0.2) is 53.1 Å². The molecule has 1 aliphatic carbocycles. The van der Waals surface area contributed by atoms with E-state index < -0.39 is 5.97 Å². The number of aromatic carboxylic acids is 1. The zero-order valence-electron chi connectivity index (χ0n) is 20.9. The lowest BCUT2D eigenvalue weighted by Gasteiger charge is -2.29.